The molecule has 72 valence electrons. The van der Waals surface area contributed by atoms with Crippen LogP contribution in [-0.2, 0) is 10.8 Å². The van der Waals surface area contributed by atoms with E-state index in [1.54, 1.807) is 41.8 Å². The lowest BCUT2D eigenvalue weighted by molar-refractivity contribution is 0.683. The highest BCUT2D eigenvalue weighted by atomic mass is 32.2. The van der Waals surface area contributed by atoms with Crippen LogP contribution < -0.4 is 0 Å². The Morgan fingerprint density at radius 3 is 2.93 bits per heavy atom. The highest BCUT2D eigenvalue weighted by molar-refractivity contribution is 7.84. The van der Waals surface area contributed by atoms with E-state index in [4.69, 9.17) is 0 Å². The molecule has 2 aromatic heterocycles. The molecule has 0 N–H and O–H groups in total. The van der Waals surface area contributed by atoms with Crippen LogP contribution in [0.5, 0.6) is 0 Å². The van der Waals surface area contributed by atoms with Gasteiger partial charge in [0, 0.05) is 24.8 Å². The lowest BCUT2D eigenvalue weighted by Gasteiger charge is -2.00. The predicted molar refractivity (Wildman–Crippen MR) is 51.5 cm³/mol. The predicted octanol–water partition coefficient (Wildman–Crippen LogP) is 0.400. The largest absolute Gasteiger partial charge is 0.274 e. The van der Waals surface area contributed by atoms with Crippen molar-refractivity contribution in [1.82, 2.24) is 19.5 Å². The highest BCUT2D eigenvalue weighted by Crippen LogP contribution is 2.03. The van der Waals surface area contributed by atoms with Crippen LogP contribution in [0.2, 0.25) is 0 Å². The van der Waals surface area contributed by atoms with E-state index in [1.165, 1.54) is 0 Å². The van der Waals surface area contributed by atoms with E-state index in [0.717, 1.165) is 0 Å². The summed E-state index contributed by atoms with van der Waals surface area (Å²) in [4.78, 5) is 12.0. The van der Waals surface area contributed by atoms with Crippen molar-refractivity contribution in [1.29, 1.82) is 0 Å². The molecule has 5 nitrogen and oxygen atoms in total. The SMILES string of the molecule is CS(=O)c1ccnc(-n2ccnc2)n1. The molecule has 2 rings (SSSR count). The van der Waals surface area contributed by atoms with Crippen LogP contribution in [0.4, 0.5) is 0 Å². The first-order valence-electron chi connectivity index (χ1n) is 3.92. The van der Waals surface area contributed by atoms with Crippen LogP contribution in [0.1, 0.15) is 0 Å². The van der Waals surface area contributed by atoms with E-state index < -0.39 is 10.8 Å². The zero-order valence-electron chi connectivity index (χ0n) is 7.49. The smallest absolute Gasteiger partial charge is 0.236 e. The number of hydrogen-bond donors (Lipinski definition) is 0. The summed E-state index contributed by atoms with van der Waals surface area (Å²) in [7, 11) is -1.09. The van der Waals surface area contributed by atoms with Gasteiger partial charge >= 0.3 is 0 Å². The third kappa shape index (κ3) is 1.69. The van der Waals surface area contributed by atoms with Gasteiger partial charge in [0.25, 0.3) is 0 Å². The first kappa shape index (κ1) is 9.01. The van der Waals surface area contributed by atoms with Gasteiger partial charge in [-0.05, 0) is 6.07 Å². The quantitative estimate of drug-likeness (QED) is 0.670. The number of aromatic nitrogens is 4. The Hall–Kier alpha value is -1.56. The Balaban J connectivity index is 2.46. The molecular weight excluding hydrogens is 200 g/mol. The highest BCUT2D eigenvalue weighted by Gasteiger charge is 2.03. The van der Waals surface area contributed by atoms with E-state index in [0.29, 0.717) is 11.0 Å². The lowest BCUT2D eigenvalue weighted by atomic mass is 10.6. The Morgan fingerprint density at radius 2 is 2.29 bits per heavy atom. The van der Waals surface area contributed by atoms with Crippen LogP contribution in [0.25, 0.3) is 5.95 Å². The van der Waals surface area contributed by atoms with E-state index in [2.05, 4.69) is 15.0 Å². The Labute approximate surface area is 83.3 Å². The number of imidazole rings is 1. The van der Waals surface area contributed by atoms with Gasteiger partial charge in [-0.3, -0.25) is 8.78 Å². The van der Waals surface area contributed by atoms with Gasteiger partial charge < -0.3 is 0 Å². The molecule has 0 saturated heterocycles. The van der Waals surface area contributed by atoms with Gasteiger partial charge in [0.2, 0.25) is 5.95 Å². The van der Waals surface area contributed by atoms with Crippen molar-refractivity contribution < 1.29 is 4.21 Å². The molecule has 0 aliphatic carbocycles. The van der Waals surface area contributed by atoms with Gasteiger partial charge in [-0.15, -0.1) is 0 Å². The third-order valence-corrected chi connectivity index (χ3v) is 2.46. The molecule has 0 amide bonds. The van der Waals surface area contributed by atoms with Crippen molar-refractivity contribution >= 4 is 10.8 Å². The van der Waals surface area contributed by atoms with Crippen LogP contribution in [0, 0.1) is 0 Å². The molecule has 1 atom stereocenters. The van der Waals surface area contributed by atoms with E-state index in [1.807, 2.05) is 0 Å². The summed E-state index contributed by atoms with van der Waals surface area (Å²) in [6.45, 7) is 0. The average molecular weight is 208 g/mol. The molecule has 0 spiro atoms. The Morgan fingerprint density at radius 1 is 1.43 bits per heavy atom. The van der Waals surface area contributed by atoms with Crippen molar-refractivity contribution in [2.45, 2.75) is 5.03 Å². The second kappa shape index (κ2) is 3.67. The molecular formula is C8H8N4OS. The first-order chi connectivity index (χ1) is 6.77. The van der Waals surface area contributed by atoms with Gasteiger partial charge in [-0.25, -0.2) is 15.0 Å². The maximum Gasteiger partial charge on any atom is 0.236 e. The van der Waals surface area contributed by atoms with Crippen molar-refractivity contribution in [3.05, 3.63) is 31.0 Å². The van der Waals surface area contributed by atoms with E-state index in [-0.39, 0.29) is 0 Å². The standard InChI is InChI=1S/C8H8N4OS/c1-14(13)7-2-3-10-8(11-7)12-5-4-9-6-12/h2-6H,1H3. The van der Waals surface area contributed by atoms with E-state index >= 15 is 0 Å². The number of hydrogen-bond acceptors (Lipinski definition) is 4. The minimum absolute atomic E-state index is 0.482. The van der Waals surface area contributed by atoms with Crippen LogP contribution >= 0.6 is 0 Å². The Kier molecular flexibility index (Phi) is 2.36. The summed E-state index contributed by atoms with van der Waals surface area (Å²) in [6.07, 6.45) is 8.13. The maximum atomic E-state index is 11.2. The number of nitrogens with zero attached hydrogens (tertiary/aromatic N) is 4. The fourth-order valence-electron chi connectivity index (χ4n) is 0.994. The molecule has 0 bridgehead atoms. The summed E-state index contributed by atoms with van der Waals surface area (Å²) in [5, 5.41) is 0.517. The molecule has 0 aromatic carbocycles. The second-order valence-electron chi connectivity index (χ2n) is 2.62. The summed E-state index contributed by atoms with van der Waals surface area (Å²) in [5.41, 5.74) is 0. The lowest BCUT2D eigenvalue weighted by Crippen LogP contribution is -2.01. The van der Waals surface area contributed by atoms with Gasteiger partial charge in [0.05, 0.1) is 10.8 Å². The molecule has 6 heteroatoms. The van der Waals surface area contributed by atoms with Crippen molar-refractivity contribution in [3.8, 4) is 5.95 Å². The summed E-state index contributed by atoms with van der Waals surface area (Å²) in [5.74, 6) is 0.482. The molecule has 0 saturated carbocycles. The second-order valence-corrected chi connectivity index (χ2v) is 3.95. The minimum atomic E-state index is -1.09. The molecule has 0 aliphatic heterocycles. The topological polar surface area (TPSA) is 60.7 Å². The van der Waals surface area contributed by atoms with Gasteiger partial charge in [-0.2, -0.15) is 0 Å². The van der Waals surface area contributed by atoms with Gasteiger partial charge in [-0.1, -0.05) is 0 Å². The zero-order valence-corrected chi connectivity index (χ0v) is 8.31. The molecule has 14 heavy (non-hydrogen) atoms. The zero-order chi connectivity index (χ0) is 9.97. The van der Waals surface area contributed by atoms with Crippen LogP contribution in [-0.4, -0.2) is 30.0 Å². The van der Waals surface area contributed by atoms with E-state index in [9.17, 15) is 4.21 Å². The summed E-state index contributed by atoms with van der Waals surface area (Å²) >= 11 is 0. The molecule has 0 radical (unpaired) electrons. The molecule has 1 unspecified atom stereocenters. The van der Waals surface area contributed by atoms with Crippen molar-refractivity contribution in [3.63, 3.8) is 0 Å². The maximum absolute atomic E-state index is 11.2. The summed E-state index contributed by atoms with van der Waals surface area (Å²) < 4.78 is 12.8. The summed E-state index contributed by atoms with van der Waals surface area (Å²) in [6, 6.07) is 1.64. The number of rotatable bonds is 2. The molecule has 0 fully saturated rings. The fourth-order valence-corrected chi connectivity index (χ4v) is 1.46. The third-order valence-electron chi connectivity index (χ3n) is 1.65. The fraction of sp³-hybridized carbons (Fsp3) is 0.125. The average Bonchev–Trinajstić information content (AvgIpc) is 2.71. The van der Waals surface area contributed by atoms with Crippen molar-refractivity contribution in [2.75, 3.05) is 6.26 Å². The molecule has 2 heterocycles. The van der Waals surface area contributed by atoms with Crippen LogP contribution in [0.15, 0.2) is 36.0 Å². The molecule has 2 aromatic rings. The van der Waals surface area contributed by atoms with Gasteiger partial charge in [0.1, 0.15) is 11.4 Å². The molecule has 0 aliphatic rings. The van der Waals surface area contributed by atoms with Crippen LogP contribution in [0.3, 0.4) is 0 Å². The first-order valence-corrected chi connectivity index (χ1v) is 5.48. The monoisotopic (exact) mass is 208 g/mol. The van der Waals surface area contributed by atoms with Crippen molar-refractivity contribution in [2.24, 2.45) is 0 Å². The minimum Gasteiger partial charge on any atom is -0.274 e. The van der Waals surface area contributed by atoms with Gasteiger partial charge in [0.15, 0.2) is 0 Å². The Bertz CT molecular complexity index is 454. The normalized spacial score (nSPS) is 12.6.